The third-order valence-corrected chi connectivity index (χ3v) is 1.56. The lowest BCUT2D eigenvalue weighted by Crippen LogP contribution is -2.35. The number of guanidine groups is 1. The number of aliphatic imine (C=N–C) groups is 1. The quantitative estimate of drug-likeness (QED) is 0.399. The van der Waals surface area contributed by atoms with Crippen molar-refractivity contribution < 1.29 is 0 Å². The largest absolute Gasteiger partial charge is 0.349 e. The number of hydrogen-bond donors (Lipinski definition) is 0. The number of hydrogen-bond acceptors (Lipinski definition) is 1. The maximum atomic E-state index is 4.48. The van der Waals surface area contributed by atoms with Gasteiger partial charge in [0.15, 0.2) is 5.96 Å². The first-order valence-corrected chi connectivity index (χ1v) is 4.48. The molecule has 13 heavy (non-hydrogen) atoms. The molecule has 0 heterocycles. The maximum absolute atomic E-state index is 4.48. The highest BCUT2D eigenvalue weighted by atomic mass is 35.5. The van der Waals surface area contributed by atoms with Crippen LogP contribution in [0.1, 0.15) is 19.8 Å². The fourth-order valence-corrected chi connectivity index (χ4v) is 1.02. The summed E-state index contributed by atoms with van der Waals surface area (Å²) in [6.07, 6.45) is 2.38. The van der Waals surface area contributed by atoms with Crippen molar-refractivity contribution >= 4 is 18.4 Å². The maximum Gasteiger partial charge on any atom is 0.195 e. The van der Waals surface area contributed by atoms with Crippen molar-refractivity contribution in [1.82, 2.24) is 9.80 Å². The first-order chi connectivity index (χ1) is 5.59. The summed E-state index contributed by atoms with van der Waals surface area (Å²) in [5.74, 6) is 1.04. The monoisotopic (exact) mass is 207 g/mol. The fraction of sp³-hybridized carbons (Fsp3) is 0.889. The molecule has 0 saturated heterocycles. The Morgan fingerprint density at radius 1 is 1.08 bits per heavy atom. The Hall–Kier alpha value is -0.440. The lowest BCUT2D eigenvalue weighted by atomic mass is 10.3. The van der Waals surface area contributed by atoms with E-state index in [4.69, 9.17) is 0 Å². The summed E-state index contributed by atoms with van der Waals surface area (Å²) in [5.41, 5.74) is 0. The van der Waals surface area contributed by atoms with Gasteiger partial charge in [-0.05, 0) is 6.42 Å². The molecule has 0 aliphatic heterocycles. The van der Waals surface area contributed by atoms with E-state index < -0.39 is 0 Å². The summed E-state index contributed by atoms with van der Waals surface area (Å²) in [6.45, 7) is 3.11. The molecule has 0 aliphatic rings. The second kappa shape index (κ2) is 8.17. The molecule has 0 bridgehead atoms. The Morgan fingerprint density at radius 2 is 1.54 bits per heavy atom. The zero-order valence-electron chi connectivity index (χ0n) is 9.37. The predicted octanol–water partition coefficient (Wildman–Crippen LogP) is 1.69. The summed E-state index contributed by atoms with van der Waals surface area (Å²) >= 11 is 0. The van der Waals surface area contributed by atoms with Crippen molar-refractivity contribution in [2.75, 3.05) is 34.7 Å². The number of unbranched alkanes of at least 4 members (excludes halogenated alkanes) is 1. The molecule has 0 fully saturated rings. The van der Waals surface area contributed by atoms with Crippen molar-refractivity contribution in [2.24, 2.45) is 4.99 Å². The van der Waals surface area contributed by atoms with Gasteiger partial charge in [0.1, 0.15) is 0 Å². The second-order valence-corrected chi connectivity index (χ2v) is 3.32. The van der Waals surface area contributed by atoms with Gasteiger partial charge in [-0.25, -0.2) is 0 Å². The number of halogens is 1. The summed E-state index contributed by atoms with van der Waals surface area (Å²) in [7, 11) is 8.07. The van der Waals surface area contributed by atoms with Crippen molar-refractivity contribution in [3.63, 3.8) is 0 Å². The molecule has 0 rings (SSSR count). The van der Waals surface area contributed by atoms with Crippen molar-refractivity contribution in [3.8, 4) is 0 Å². The number of rotatable bonds is 3. The van der Waals surface area contributed by atoms with E-state index in [-0.39, 0.29) is 12.4 Å². The molecule has 0 amide bonds. The molecule has 4 heteroatoms. The molecule has 0 saturated carbocycles. The smallest absolute Gasteiger partial charge is 0.195 e. The molecular formula is C9H22ClN3. The van der Waals surface area contributed by atoms with Gasteiger partial charge in [-0.2, -0.15) is 0 Å². The van der Waals surface area contributed by atoms with Crippen LogP contribution in [0.4, 0.5) is 0 Å². The number of nitrogens with zero attached hydrogens (tertiary/aromatic N) is 3. The van der Waals surface area contributed by atoms with E-state index in [2.05, 4.69) is 11.9 Å². The average molecular weight is 208 g/mol. The van der Waals surface area contributed by atoms with E-state index in [1.165, 1.54) is 12.8 Å². The molecule has 3 nitrogen and oxygen atoms in total. The van der Waals surface area contributed by atoms with Crippen molar-refractivity contribution in [2.45, 2.75) is 19.8 Å². The van der Waals surface area contributed by atoms with Crippen molar-refractivity contribution in [3.05, 3.63) is 0 Å². The molecule has 0 N–H and O–H groups in total. The van der Waals surface area contributed by atoms with Crippen LogP contribution in [0.25, 0.3) is 0 Å². The zero-order valence-corrected chi connectivity index (χ0v) is 10.2. The summed E-state index contributed by atoms with van der Waals surface area (Å²) < 4.78 is 0. The SMILES string of the molecule is CCCCN=C(N(C)C)N(C)C.Cl. The molecule has 80 valence electrons. The summed E-state index contributed by atoms with van der Waals surface area (Å²) in [4.78, 5) is 8.56. The average Bonchev–Trinajstić information content (AvgIpc) is 1.96. The minimum atomic E-state index is 0. The Balaban J connectivity index is 0. The first-order valence-electron chi connectivity index (χ1n) is 4.48. The predicted molar refractivity (Wildman–Crippen MR) is 61.8 cm³/mol. The van der Waals surface area contributed by atoms with E-state index in [0.29, 0.717) is 0 Å². The molecule has 0 aliphatic carbocycles. The molecule has 0 radical (unpaired) electrons. The first kappa shape index (κ1) is 15.1. The van der Waals surface area contributed by atoms with Crippen LogP contribution >= 0.6 is 12.4 Å². The Labute approximate surface area is 88.2 Å². The van der Waals surface area contributed by atoms with E-state index in [0.717, 1.165) is 12.5 Å². The highest BCUT2D eigenvalue weighted by Crippen LogP contribution is 1.92. The Morgan fingerprint density at radius 3 is 1.85 bits per heavy atom. The van der Waals surface area contributed by atoms with Gasteiger partial charge in [-0.15, -0.1) is 12.4 Å². The van der Waals surface area contributed by atoms with Crippen LogP contribution in [0.3, 0.4) is 0 Å². The highest BCUT2D eigenvalue weighted by Gasteiger charge is 2.01. The molecule has 0 aromatic rings. The van der Waals surface area contributed by atoms with Crippen molar-refractivity contribution in [1.29, 1.82) is 0 Å². The highest BCUT2D eigenvalue weighted by molar-refractivity contribution is 5.85. The third-order valence-electron chi connectivity index (χ3n) is 1.56. The molecule has 0 aromatic carbocycles. The molecule has 0 atom stereocenters. The lowest BCUT2D eigenvalue weighted by molar-refractivity contribution is 0.478. The minimum absolute atomic E-state index is 0. The van der Waals surface area contributed by atoms with Gasteiger partial charge in [0.25, 0.3) is 0 Å². The summed E-state index contributed by atoms with van der Waals surface area (Å²) in [5, 5.41) is 0. The Kier molecular flexibility index (Phi) is 9.46. The normalized spacial score (nSPS) is 8.69. The van der Waals surface area contributed by atoms with E-state index >= 15 is 0 Å². The molecule has 0 unspecified atom stereocenters. The standard InChI is InChI=1S/C9H21N3.ClH/c1-6-7-8-10-9(11(2)3)12(4)5;/h6-8H2,1-5H3;1H. The molecule has 0 aromatic heterocycles. The van der Waals surface area contributed by atoms with Gasteiger partial charge in [-0.1, -0.05) is 13.3 Å². The Bertz CT molecular complexity index is 134. The van der Waals surface area contributed by atoms with Gasteiger partial charge in [0.2, 0.25) is 0 Å². The zero-order chi connectivity index (χ0) is 9.56. The van der Waals surface area contributed by atoms with Gasteiger partial charge in [0, 0.05) is 34.7 Å². The molecule has 0 spiro atoms. The molecular weight excluding hydrogens is 186 g/mol. The van der Waals surface area contributed by atoms with E-state index in [1.54, 1.807) is 0 Å². The minimum Gasteiger partial charge on any atom is -0.349 e. The van der Waals surface area contributed by atoms with Gasteiger partial charge in [0.05, 0.1) is 0 Å². The van der Waals surface area contributed by atoms with E-state index in [1.807, 2.05) is 38.0 Å². The fourth-order valence-electron chi connectivity index (χ4n) is 1.02. The van der Waals surface area contributed by atoms with Gasteiger partial charge >= 0.3 is 0 Å². The second-order valence-electron chi connectivity index (χ2n) is 3.32. The van der Waals surface area contributed by atoms with Crippen LogP contribution in [-0.4, -0.2) is 50.5 Å². The van der Waals surface area contributed by atoms with Gasteiger partial charge in [-0.3, -0.25) is 4.99 Å². The van der Waals surface area contributed by atoms with Crippen LogP contribution in [-0.2, 0) is 0 Å². The van der Waals surface area contributed by atoms with Gasteiger partial charge < -0.3 is 9.80 Å². The third kappa shape index (κ3) is 6.70. The topological polar surface area (TPSA) is 18.8 Å². The van der Waals surface area contributed by atoms with Crippen LogP contribution in [0.2, 0.25) is 0 Å². The summed E-state index contributed by atoms with van der Waals surface area (Å²) in [6, 6.07) is 0. The lowest BCUT2D eigenvalue weighted by Gasteiger charge is -2.22. The van der Waals surface area contributed by atoms with Crippen LogP contribution in [0.15, 0.2) is 4.99 Å². The van der Waals surface area contributed by atoms with Crippen LogP contribution in [0.5, 0.6) is 0 Å². The van der Waals surface area contributed by atoms with Crippen LogP contribution in [0, 0.1) is 0 Å². The van der Waals surface area contributed by atoms with E-state index in [9.17, 15) is 0 Å². The van der Waals surface area contributed by atoms with Crippen LogP contribution < -0.4 is 0 Å².